The Hall–Kier alpha value is -6.74. The molecule has 1 unspecified atom stereocenters. The molecule has 64 heavy (non-hydrogen) atoms. The van der Waals surface area contributed by atoms with Crippen LogP contribution in [-0.2, 0) is 65.9 Å². The van der Waals surface area contributed by atoms with E-state index in [0.717, 1.165) is 55.6 Å². The number of ether oxygens (including phenoxy) is 3. The Bertz CT molecular complexity index is 3020. The van der Waals surface area contributed by atoms with Crippen LogP contribution in [0.1, 0.15) is 55.8 Å². The molecular formula is C49H50ClN7O7. The number of aromatic nitrogens is 7. The van der Waals surface area contributed by atoms with E-state index < -0.39 is 23.1 Å². The van der Waals surface area contributed by atoms with Crippen molar-refractivity contribution in [2.45, 2.75) is 71.6 Å². The van der Waals surface area contributed by atoms with Crippen molar-refractivity contribution in [1.82, 2.24) is 33.9 Å². The van der Waals surface area contributed by atoms with Gasteiger partial charge in [0.15, 0.2) is 11.2 Å². The molecule has 14 nitrogen and oxygen atoms in total. The summed E-state index contributed by atoms with van der Waals surface area (Å²) in [6, 6.07) is 31.4. The van der Waals surface area contributed by atoms with Gasteiger partial charge in [0.1, 0.15) is 5.75 Å². The molecule has 15 heteroatoms. The highest BCUT2D eigenvalue weighted by Gasteiger charge is 2.36. The largest absolute Gasteiger partial charge is 0.494 e. The number of nitrogens with zero attached hydrogens (tertiary/aromatic N) is 7. The third-order valence-corrected chi connectivity index (χ3v) is 12.1. The van der Waals surface area contributed by atoms with Crippen molar-refractivity contribution < 1.29 is 34.0 Å². The monoisotopic (exact) mass is 883 g/mol. The SMILES string of the molecule is CCOc1ccccc1Cn1nc(COC(C)(Cc2cccc(Cn3nc(COC(C)(C)C(=O)O)cc3-c3ccc4ccn(C)c4c3)c2Cl)C(=O)O)cc1-c1ccc2cnn(C)c2c1. The van der Waals surface area contributed by atoms with Gasteiger partial charge in [-0.2, -0.15) is 15.3 Å². The fourth-order valence-corrected chi connectivity index (χ4v) is 8.01. The molecule has 0 radical (unpaired) electrons. The maximum Gasteiger partial charge on any atom is 0.336 e. The number of hydrogen-bond donors (Lipinski definition) is 2. The molecule has 0 aliphatic heterocycles. The van der Waals surface area contributed by atoms with Gasteiger partial charge >= 0.3 is 11.9 Å². The number of rotatable bonds is 18. The molecule has 0 fully saturated rings. The van der Waals surface area contributed by atoms with Crippen LogP contribution in [0.5, 0.6) is 5.75 Å². The van der Waals surface area contributed by atoms with Gasteiger partial charge in [0, 0.05) is 59.3 Å². The molecule has 0 saturated carbocycles. The molecule has 2 N–H and O–H groups in total. The maximum atomic E-state index is 13.1. The lowest BCUT2D eigenvalue weighted by atomic mass is 9.95. The summed E-state index contributed by atoms with van der Waals surface area (Å²) in [6.07, 6.45) is 3.78. The van der Waals surface area contributed by atoms with Crippen LogP contribution in [0.15, 0.2) is 109 Å². The van der Waals surface area contributed by atoms with Crippen LogP contribution >= 0.6 is 11.6 Å². The first kappa shape index (κ1) is 43.9. The van der Waals surface area contributed by atoms with Crippen molar-refractivity contribution in [1.29, 1.82) is 0 Å². The third-order valence-electron chi connectivity index (χ3n) is 11.6. The number of carboxylic acid groups (broad SMARTS) is 2. The van der Waals surface area contributed by atoms with Gasteiger partial charge in [-0.15, -0.1) is 0 Å². The summed E-state index contributed by atoms with van der Waals surface area (Å²) >= 11 is 7.17. The van der Waals surface area contributed by atoms with Gasteiger partial charge in [-0.25, -0.2) is 9.59 Å². The zero-order valence-electron chi connectivity index (χ0n) is 36.6. The van der Waals surface area contributed by atoms with Crippen molar-refractivity contribution in [2.24, 2.45) is 14.1 Å². The second-order valence-electron chi connectivity index (χ2n) is 16.6. The quantitative estimate of drug-likeness (QED) is 0.0852. The number of fused-ring (bicyclic) bond motifs is 2. The van der Waals surface area contributed by atoms with E-state index in [1.54, 1.807) is 17.7 Å². The van der Waals surface area contributed by atoms with Crippen LogP contribution in [0.4, 0.5) is 0 Å². The van der Waals surface area contributed by atoms with E-state index in [9.17, 15) is 19.8 Å². The molecule has 1 atom stereocenters. The topological polar surface area (TPSA) is 161 Å². The number of aliphatic carboxylic acids is 2. The Kier molecular flexibility index (Phi) is 12.2. The summed E-state index contributed by atoms with van der Waals surface area (Å²) in [5.74, 6) is -1.48. The van der Waals surface area contributed by atoms with Gasteiger partial charge in [0.25, 0.3) is 0 Å². The highest BCUT2D eigenvalue weighted by atomic mass is 35.5. The molecule has 0 aliphatic rings. The van der Waals surface area contributed by atoms with Crippen LogP contribution in [0.25, 0.3) is 44.3 Å². The van der Waals surface area contributed by atoms with Crippen molar-refractivity contribution in [3.63, 3.8) is 0 Å². The number of hydrogen-bond acceptors (Lipinski definition) is 8. The molecule has 0 aliphatic carbocycles. The summed E-state index contributed by atoms with van der Waals surface area (Å²) < 4.78 is 25.6. The lowest BCUT2D eigenvalue weighted by Gasteiger charge is -2.26. The van der Waals surface area contributed by atoms with Crippen molar-refractivity contribution in [2.75, 3.05) is 6.61 Å². The van der Waals surface area contributed by atoms with Gasteiger partial charge in [-0.05, 0) is 80.6 Å². The van der Waals surface area contributed by atoms with Crippen LogP contribution in [0.3, 0.4) is 0 Å². The molecule has 4 aromatic carbocycles. The number of para-hydroxylation sites is 1. The fraction of sp³-hybridized carbons (Fsp3) is 0.286. The van der Waals surface area contributed by atoms with Crippen LogP contribution < -0.4 is 4.74 Å². The number of halogens is 1. The zero-order valence-corrected chi connectivity index (χ0v) is 37.3. The molecule has 8 rings (SSSR count). The second-order valence-corrected chi connectivity index (χ2v) is 17.0. The van der Waals surface area contributed by atoms with Crippen molar-refractivity contribution in [3.8, 4) is 28.3 Å². The van der Waals surface area contributed by atoms with E-state index in [0.29, 0.717) is 40.7 Å². The van der Waals surface area contributed by atoms with Crippen LogP contribution in [-0.4, -0.2) is 73.9 Å². The van der Waals surface area contributed by atoms with Gasteiger partial charge in [0.2, 0.25) is 0 Å². The molecule has 4 heterocycles. The average molecular weight is 884 g/mol. The molecular weight excluding hydrogens is 834 g/mol. The first-order chi connectivity index (χ1) is 30.6. The molecule has 330 valence electrons. The van der Waals surface area contributed by atoms with E-state index in [1.165, 1.54) is 13.8 Å². The highest BCUT2D eigenvalue weighted by molar-refractivity contribution is 6.32. The lowest BCUT2D eigenvalue weighted by Crippen LogP contribution is -2.40. The number of aryl methyl sites for hydroxylation is 2. The van der Waals surface area contributed by atoms with Crippen molar-refractivity contribution >= 4 is 45.3 Å². The van der Waals surface area contributed by atoms with E-state index in [4.69, 9.17) is 36.0 Å². The molecule has 0 saturated heterocycles. The lowest BCUT2D eigenvalue weighted by molar-refractivity contribution is -0.165. The van der Waals surface area contributed by atoms with Gasteiger partial charge in [0.05, 0.1) is 67.4 Å². The summed E-state index contributed by atoms with van der Waals surface area (Å²) in [5, 5.41) is 37.0. The minimum atomic E-state index is -1.69. The molecule has 0 amide bonds. The summed E-state index contributed by atoms with van der Waals surface area (Å²) in [5.41, 5.74) is 5.60. The number of benzene rings is 4. The predicted octanol–water partition coefficient (Wildman–Crippen LogP) is 8.92. The first-order valence-electron chi connectivity index (χ1n) is 20.9. The second kappa shape index (κ2) is 17.8. The summed E-state index contributed by atoms with van der Waals surface area (Å²) in [6.45, 7) is 7.51. The number of carboxylic acids is 2. The minimum Gasteiger partial charge on any atom is -0.494 e. The highest BCUT2D eigenvalue weighted by Crippen LogP contribution is 2.33. The Morgan fingerprint density at radius 1 is 0.703 bits per heavy atom. The van der Waals surface area contributed by atoms with Gasteiger partial charge in [-0.1, -0.05) is 72.3 Å². The molecule has 0 spiro atoms. The number of carbonyl (C=O) groups is 2. The molecule has 0 bridgehead atoms. The van der Waals surface area contributed by atoms with Gasteiger partial charge < -0.3 is 29.0 Å². The summed E-state index contributed by atoms with van der Waals surface area (Å²) in [4.78, 5) is 24.9. The van der Waals surface area contributed by atoms with E-state index in [-0.39, 0.29) is 26.2 Å². The minimum absolute atomic E-state index is 0.0340. The van der Waals surface area contributed by atoms with Gasteiger partial charge in [-0.3, -0.25) is 14.0 Å². The third kappa shape index (κ3) is 9.03. The molecule has 8 aromatic rings. The van der Waals surface area contributed by atoms with E-state index >= 15 is 0 Å². The maximum absolute atomic E-state index is 13.1. The summed E-state index contributed by atoms with van der Waals surface area (Å²) in [7, 11) is 3.88. The molecule has 4 aromatic heterocycles. The van der Waals surface area contributed by atoms with Crippen molar-refractivity contribution in [3.05, 3.63) is 143 Å². The van der Waals surface area contributed by atoms with Crippen LogP contribution in [0.2, 0.25) is 5.02 Å². The Balaban J connectivity index is 1.07. The normalized spacial score (nSPS) is 12.9. The van der Waals surface area contributed by atoms with Crippen LogP contribution in [0, 0.1) is 0 Å². The standard InChI is InChI=1S/C49H50ClN7O7/c1-7-62-44-14-9-8-11-36(44)27-56-43(33-17-18-35-26-51-55(6)41(35)22-33)24-39(53-56)30-64-49(4,47(60)61)25-34-12-10-13-37(45(34)50)28-57-42(23-38(52-57)29-63-48(2,3)46(58)59)32-16-15-31-19-20-54(5)40(31)21-32/h8-24,26H,7,25,27-30H2,1-6H3,(H,58,59)(H,60,61). The first-order valence-corrected chi connectivity index (χ1v) is 21.3. The van der Waals surface area contributed by atoms with E-state index in [2.05, 4.69) is 17.2 Å². The Morgan fingerprint density at radius 3 is 1.98 bits per heavy atom. The predicted molar refractivity (Wildman–Crippen MR) is 244 cm³/mol. The Labute approximate surface area is 375 Å². The fourth-order valence-electron chi connectivity index (χ4n) is 7.76. The smallest absolute Gasteiger partial charge is 0.336 e. The average Bonchev–Trinajstić information content (AvgIpc) is 4.07. The Morgan fingerprint density at radius 2 is 1.31 bits per heavy atom. The van der Waals surface area contributed by atoms with E-state index in [1.807, 2.05) is 126 Å². The zero-order chi connectivity index (χ0) is 45.3.